The topological polar surface area (TPSA) is 66.9 Å². The number of nitrogens with zero attached hydrogens (tertiary/aromatic N) is 2. The van der Waals surface area contributed by atoms with Gasteiger partial charge in [0.15, 0.2) is 0 Å². The molecule has 1 unspecified atom stereocenters. The average Bonchev–Trinajstić information content (AvgIpc) is 2.50. The molecule has 2 amide bonds. The molecule has 0 saturated carbocycles. The predicted molar refractivity (Wildman–Crippen MR) is 77.5 cm³/mol. The van der Waals surface area contributed by atoms with Crippen LogP contribution in [-0.4, -0.2) is 60.2 Å². The molecule has 21 heavy (non-hydrogen) atoms. The second-order valence-corrected chi connectivity index (χ2v) is 5.93. The second-order valence-electron chi connectivity index (χ2n) is 4.66. The van der Waals surface area contributed by atoms with E-state index >= 15 is 0 Å². The number of rotatable bonds is 3. The molecule has 1 aliphatic heterocycles. The zero-order chi connectivity index (χ0) is 15.6. The maximum atomic E-state index is 12.6. The molecule has 0 aliphatic carbocycles. The van der Waals surface area contributed by atoms with E-state index < -0.39 is 16.7 Å². The molecule has 1 aliphatic rings. The molecule has 1 saturated heterocycles. The number of piperazine rings is 1. The summed E-state index contributed by atoms with van der Waals surface area (Å²) >= 11 is 1.01. The number of amides is 2. The molecule has 1 aromatic carbocycles. The molecule has 0 radical (unpaired) electrons. The maximum absolute atomic E-state index is 12.6. The second kappa shape index (κ2) is 5.77. The Balaban J connectivity index is 2.52. The number of methoxy groups -OCH3 is 1. The van der Waals surface area contributed by atoms with Gasteiger partial charge in [-0.05, 0) is 12.1 Å². The van der Waals surface area contributed by atoms with Crippen LogP contribution in [0.4, 0.5) is 0 Å². The van der Waals surface area contributed by atoms with Crippen LogP contribution >= 0.6 is 11.8 Å². The lowest BCUT2D eigenvalue weighted by Crippen LogP contribution is -2.68. The van der Waals surface area contributed by atoms with Crippen molar-refractivity contribution in [3.63, 3.8) is 0 Å². The monoisotopic (exact) mass is 308 g/mol. The Labute approximate surface area is 127 Å². The summed E-state index contributed by atoms with van der Waals surface area (Å²) in [7, 11) is 4.15. The Bertz CT molecular complexity index is 578. The van der Waals surface area contributed by atoms with Crippen molar-refractivity contribution in [1.82, 2.24) is 9.80 Å². The van der Waals surface area contributed by atoms with Crippen LogP contribution in [0.3, 0.4) is 0 Å². The third-order valence-electron chi connectivity index (χ3n) is 3.33. The van der Waals surface area contributed by atoms with Crippen molar-refractivity contribution in [2.24, 2.45) is 0 Å². The van der Waals surface area contributed by atoms with Gasteiger partial charge in [0, 0.05) is 19.0 Å². The zero-order valence-electron chi connectivity index (χ0n) is 12.0. The summed E-state index contributed by atoms with van der Waals surface area (Å²) in [5.74, 6) is -1.54. The third-order valence-corrected chi connectivity index (χ3v) is 4.74. The molecular formula is C14H16N2O4S. The molecule has 1 heterocycles. The number of carbonyl (C=O) groups is 3. The number of carbonyl (C=O) groups excluding carboxylic acids is 3. The van der Waals surface area contributed by atoms with E-state index in [0.717, 1.165) is 11.8 Å². The third kappa shape index (κ3) is 2.49. The molecule has 0 N–H and O–H groups in total. The largest absolute Gasteiger partial charge is 0.466 e. The summed E-state index contributed by atoms with van der Waals surface area (Å²) in [5.41, 5.74) is 0. The standard InChI is InChI=1S/C14H16N2O4S/c1-15-9-11(17)16(2)14(12(15)18,13(19)20-3)21-10-7-5-4-6-8-10/h4-8H,9H2,1-3H3. The van der Waals surface area contributed by atoms with E-state index in [1.807, 2.05) is 6.07 Å². The van der Waals surface area contributed by atoms with Crippen LogP contribution in [0.15, 0.2) is 35.2 Å². The molecule has 0 spiro atoms. The Hall–Kier alpha value is -2.02. The molecule has 1 fully saturated rings. The Morgan fingerprint density at radius 2 is 1.86 bits per heavy atom. The van der Waals surface area contributed by atoms with Crippen LogP contribution < -0.4 is 0 Å². The fourth-order valence-corrected chi connectivity index (χ4v) is 3.42. The normalized spacial score (nSPS) is 22.4. The zero-order valence-corrected chi connectivity index (χ0v) is 12.8. The van der Waals surface area contributed by atoms with Crippen LogP contribution in [0.5, 0.6) is 0 Å². The van der Waals surface area contributed by atoms with Crippen LogP contribution in [0.1, 0.15) is 0 Å². The van der Waals surface area contributed by atoms with Crippen LogP contribution in [0.2, 0.25) is 0 Å². The minimum atomic E-state index is -1.72. The van der Waals surface area contributed by atoms with E-state index in [-0.39, 0.29) is 12.5 Å². The summed E-state index contributed by atoms with van der Waals surface area (Å²) in [6.07, 6.45) is 0. The summed E-state index contributed by atoms with van der Waals surface area (Å²) in [6, 6.07) is 8.97. The maximum Gasteiger partial charge on any atom is 0.352 e. The smallest absolute Gasteiger partial charge is 0.352 e. The van der Waals surface area contributed by atoms with Crippen molar-refractivity contribution in [1.29, 1.82) is 0 Å². The van der Waals surface area contributed by atoms with Crippen molar-refractivity contribution < 1.29 is 19.1 Å². The van der Waals surface area contributed by atoms with Crippen LogP contribution in [-0.2, 0) is 19.1 Å². The van der Waals surface area contributed by atoms with Crippen molar-refractivity contribution in [3.8, 4) is 0 Å². The van der Waals surface area contributed by atoms with E-state index in [9.17, 15) is 14.4 Å². The lowest BCUT2D eigenvalue weighted by atomic mass is 10.1. The first kappa shape index (κ1) is 15.4. The number of hydrogen-bond donors (Lipinski definition) is 0. The van der Waals surface area contributed by atoms with Crippen LogP contribution in [0, 0.1) is 0 Å². The van der Waals surface area contributed by atoms with Gasteiger partial charge in [0.25, 0.3) is 10.8 Å². The minimum absolute atomic E-state index is 0.0522. The number of esters is 1. The molecule has 0 bridgehead atoms. The Kier molecular flexibility index (Phi) is 4.22. The summed E-state index contributed by atoms with van der Waals surface area (Å²) in [5, 5.41) is 0. The molecule has 7 heteroatoms. The van der Waals surface area contributed by atoms with Gasteiger partial charge < -0.3 is 14.5 Å². The highest BCUT2D eigenvalue weighted by Gasteiger charge is 2.58. The van der Waals surface area contributed by atoms with E-state index in [2.05, 4.69) is 0 Å². The van der Waals surface area contributed by atoms with Gasteiger partial charge in [-0.2, -0.15) is 0 Å². The number of benzene rings is 1. The fourth-order valence-electron chi connectivity index (χ4n) is 2.13. The number of likely N-dealkylation sites (N-methyl/N-ethyl adjacent to an activating group) is 2. The van der Waals surface area contributed by atoms with Gasteiger partial charge in [-0.1, -0.05) is 30.0 Å². The highest BCUT2D eigenvalue weighted by Crippen LogP contribution is 2.39. The summed E-state index contributed by atoms with van der Waals surface area (Å²) in [6.45, 7) is -0.0522. The lowest BCUT2D eigenvalue weighted by molar-refractivity contribution is -0.167. The summed E-state index contributed by atoms with van der Waals surface area (Å²) in [4.78, 5) is 38.4. The first-order chi connectivity index (χ1) is 9.93. The van der Waals surface area contributed by atoms with Gasteiger partial charge in [-0.15, -0.1) is 0 Å². The van der Waals surface area contributed by atoms with Crippen molar-refractivity contribution in [3.05, 3.63) is 30.3 Å². The highest BCUT2D eigenvalue weighted by molar-refractivity contribution is 8.02. The van der Waals surface area contributed by atoms with E-state index in [1.165, 1.54) is 31.0 Å². The molecule has 1 aromatic rings. The fraction of sp³-hybridized carbons (Fsp3) is 0.357. The highest BCUT2D eigenvalue weighted by atomic mass is 32.2. The predicted octanol–water partition coefficient (Wildman–Crippen LogP) is 0.578. The first-order valence-electron chi connectivity index (χ1n) is 6.28. The quantitative estimate of drug-likeness (QED) is 0.603. The molecule has 1 atom stereocenters. The number of hydrogen-bond acceptors (Lipinski definition) is 5. The lowest BCUT2D eigenvalue weighted by Gasteiger charge is -2.43. The van der Waals surface area contributed by atoms with Gasteiger partial charge in [-0.3, -0.25) is 9.59 Å². The SMILES string of the molecule is COC(=O)C1(Sc2ccccc2)C(=O)N(C)CC(=O)N1C. The van der Waals surface area contributed by atoms with E-state index in [4.69, 9.17) is 4.74 Å². The number of thioether (sulfide) groups is 1. The first-order valence-corrected chi connectivity index (χ1v) is 7.10. The minimum Gasteiger partial charge on any atom is -0.466 e. The average molecular weight is 308 g/mol. The molecular weight excluding hydrogens is 292 g/mol. The van der Waals surface area contributed by atoms with E-state index in [1.54, 1.807) is 24.3 Å². The number of ether oxygens (including phenoxy) is 1. The van der Waals surface area contributed by atoms with E-state index in [0.29, 0.717) is 4.90 Å². The van der Waals surface area contributed by atoms with Gasteiger partial charge in [0.05, 0.1) is 13.7 Å². The van der Waals surface area contributed by atoms with Gasteiger partial charge in [0.1, 0.15) is 0 Å². The van der Waals surface area contributed by atoms with Crippen molar-refractivity contribution in [2.45, 2.75) is 9.77 Å². The van der Waals surface area contributed by atoms with Gasteiger partial charge in [-0.25, -0.2) is 4.79 Å². The molecule has 2 rings (SSSR count). The Morgan fingerprint density at radius 1 is 1.24 bits per heavy atom. The van der Waals surface area contributed by atoms with Gasteiger partial charge >= 0.3 is 5.97 Å². The Morgan fingerprint density at radius 3 is 2.43 bits per heavy atom. The summed E-state index contributed by atoms with van der Waals surface area (Å²) < 4.78 is 4.80. The van der Waals surface area contributed by atoms with Crippen molar-refractivity contribution >= 4 is 29.5 Å². The molecule has 112 valence electrons. The van der Waals surface area contributed by atoms with Gasteiger partial charge in [0.2, 0.25) is 5.91 Å². The molecule has 6 nitrogen and oxygen atoms in total. The van der Waals surface area contributed by atoms with Crippen LogP contribution in [0.25, 0.3) is 0 Å². The molecule has 0 aromatic heterocycles. The van der Waals surface area contributed by atoms with Crippen molar-refractivity contribution in [2.75, 3.05) is 27.7 Å².